The number of nitrogens with zero attached hydrogens (tertiary/aromatic N) is 1. The standard InChI is InChI=1S/C12H14N2O3/c1-8(15)11-10(7-13)14(12(16)17-11)9-5-3-2-4-6-9/h2-6,10-11H,7,13H2,1H3. The normalized spacial score (nSPS) is 23.6. The van der Waals surface area contributed by atoms with Crippen molar-refractivity contribution in [2.24, 2.45) is 5.73 Å². The van der Waals surface area contributed by atoms with Crippen molar-refractivity contribution < 1.29 is 14.3 Å². The van der Waals surface area contributed by atoms with E-state index in [2.05, 4.69) is 0 Å². The summed E-state index contributed by atoms with van der Waals surface area (Å²) in [5.41, 5.74) is 6.32. The fourth-order valence-corrected chi connectivity index (χ4v) is 1.98. The first-order valence-electron chi connectivity index (χ1n) is 5.40. The molecule has 2 atom stereocenters. The van der Waals surface area contributed by atoms with Gasteiger partial charge in [0.1, 0.15) is 0 Å². The largest absolute Gasteiger partial charge is 0.436 e. The Morgan fingerprint density at radius 3 is 2.59 bits per heavy atom. The second-order valence-electron chi connectivity index (χ2n) is 3.92. The Morgan fingerprint density at radius 2 is 2.06 bits per heavy atom. The molecule has 1 aromatic rings. The fourth-order valence-electron chi connectivity index (χ4n) is 1.98. The highest BCUT2D eigenvalue weighted by atomic mass is 16.6. The van der Waals surface area contributed by atoms with E-state index in [1.54, 1.807) is 12.1 Å². The quantitative estimate of drug-likeness (QED) is 0.844. The average molecular weight is 234 g/mol. The molecule has 5 heteroatoms. The maximum atomic E-state index is 11.8. The van der Waals surface area contributed by atoms with Gasteiger partial charge in [-0.3, -0.25) is 9.69 Å². The zero-order valence-corrected chi connectivity index (χ0v) is 9.50. The Labute approximate surface area is 99.2 Å². The monoisotopic (exact) mass is 234 g/mol. The molecule has 0 bridgehead atoms. The van der Waals surface area contributed by atoms with Gasteiger partial charge in [-0.05, 0) is 19.1 Å². The number of rotatable bonds is 3. The highest BCUT2D eigenvalue weighted by Gasteiger charge is 2.44. The lowest BCUT2D eigenvalue weighted by Crippen LogP contribution is -2.44. The molecule has 1 fully saturated rings. The summed E-state index contributed by atoms with van der Waals surface area (Å²) in [6.07, 6.45) is -1.29. The predicted molar refractivity (Wildman–Crippen MR) is 62.7 cm³/mol. The lowest BCUT2D eigenvalue weighted by molar-refractivity contribution is -0.124. The van der Waals surface area contributed by atoms with Gasteiger partial charge in [-0.1, -0.05) is 18.2 Å². The van der Waals surface area contributed by atoms with Gasteiger partial charge in [0, 0.05) is 12.2 Å². The Morgan fingerprint density at radius 1 is 1.41 bits per heavy atom. The first-order valence-corrected chi connectivity index (χ1v) is 5.40. The number of nitrogens with two attached hydrogens (primary N) is 1. The van der Waals surface area contributed by atoms with Gasteiger partial charge in [0.15, 0.2) is 11.9 Å². The van der Waals surface area contributed by atoms with Crippen LogP contribution in [0.3, 0.4) is 0 Å². The number of amides is 1. The summed E-state index contributed by atoms with van der Waals surface area (Å²) in [5.74, 6) is -0.188. The number of cyclic esters (lactones) is 1. The predicted octanol–water partition coefficient (Wildman–Crippen LogP) is 0.928. The summed E-state index contributed by atoms with van der Waals surface area (Å²) in [7, 11) is 0. The van der Waals surface area contributed by atoms with E-state index in [0.717, 1.165) is 0 Å². The summed E-state index contributed by atoms with van der Waals surface area (Å²) >= 11 is 0. The first kappa shape index (κ1) is 11.6. The van der Waals surface area contributed by atoms with Crippen molar-refractivity contribution in [3.63, 3.8) is 0 Å². The van der Waals surface area contributed by atoms with Crippen LogP contribution in [0.15, 0.2) is 30.3 Å². The van der Waals surface area contributed by atoms with E-state index >= 15 is 0 Å². The number of anilines is 1. The van der Waals surface area contributed by atoms with Gasteiger partial charge in [0.25, 0.3) is 0 Å². The van der Waals surface area contributed by atoms with E-state index in [0.29, 0.717) is 5.69 Å². The molecule has 0 spiro atoms. The second-order valence-corrected chi connectivity index (χ2v) is 3.92. The number of Topliss-reactive ketones (excluding diaryl/α,β-unsaturated/α-hetero) is 1. The van der Waals surface area contributed by atoms with Crippen LogP contribution in [0.4, 0.5) is 10.5 Å². The minimum Gasteiger partial charge on any atom is -0.436 e. The summed E-state index contributed by atoms with van der Waals surface area (Å²) in [5, 5.41) is 0. The van der Waals surface area contributed by atoms with E-state index < -0.39 is 18.2 Å². The number of ketones is 1. The number of hydrogen-bond acceptors (Lipinski definition) is 4. The molecule has 1 amide bonds. The fraction of sp³-hybridized carbons (Fsp3) is 0.333. The third-order valence-electron chi connectivity index (χ3n) is 2.78. The molecule has 2 N–H and O–H groups in total. The minimum atomic E-state index is -0.771. The summed E-state index contributed by atoms with van der Waals surface area (Å²) in [6, 6.07) is 8.63. The van der Waals surface area contributed by atoms with Gasteiger partial charge in [-0.2, -0.15) is 0 Å². The van der Waals surface area contributed by atoms with Gasteiger partial charge in [0.05, 0.1) is 6.04 Å². The van der Waals surface area contributed by atoms with E-state index in [9.17, 15) is 9.59 Å². The van der Waals surface area contributed by atoms with Crippen molar-refractivity contribution in [3.8, 4) is 0 Å². The Hall–Kier alpha value is -1.88. The minimum absolute atomic E-state index is 0.185. The molecule has 0 saturated carbocycles. The highest BCUT2D eigenvalue weighted by Crippen LogP contribution is 2.26. The molecule has 0 radical (unpaired) electrons. The summed E-state index contributed by atoms with van der Waals surface area (Å²) in [6.45, 7) is 1.58. The maximum absolute atomic E-state index is 11.8. The zero-order chi connectivity index (χ0) is 12.4. The van der Waals surface area contributed by atoms with Crippen LogP contribution < -0.4 is 10.6 Å². The van der Waals surface area contributed by atoms with Gasteiger partial charge in [0.2, 0.25) is 0 Å². The highest BCUT2D eigenvalue weighted by molar-refractivity contribution is 5.96. The van der Waals surface area contributed by atoms with Crippen LogP contribution in [0.2, 0.25) is 0 Å². The number of hydrogen-bond donors (Lipinski definition) is 1. The Bertz CT molecular complexity index is 433. The number of ether oxygens (including phenoxy) is 1. The smallest absolute Gasteiger partial charge is 0.415 e. The molecular formula is C12H14N2O3. The molecule has 1 heterocycles. The lowest BCUT2D eigenvalue weighted by Gasteiger charge is -2.21. The summed E-state index contributed by atoms with van der Waals surface area (Å²) in [4.78, 5) is 24.6. The molecule has 1 aliphatic rings. The van der Waals surface area contributed by atoms with Gasteiger partial charge in [-0.25, -0.2) is 4.79 Å². The molecule has 1 saturated heterocycles. The van der Waals surface area contributed by atoms with E-state index in [-0.39, 0.29) is 12.3 Å². The van der Waals surface area contributed by atoms with Gasteiger partial charge < -0.3 is 10.5 Å². The van der Waals surface area contributed by atoms with Crippen molar-refractivity contribution in [2.45, 2.75) is 19.1 Å². The molecular weight excluding hydrogens is 220 g/mol. The van der Waals surface area contributed by atoms with Crippen molar-refractivity contribution in [2.75, 3.05) is 11.4 Å². The van der Waals surface area contributed by atoms with Gasteiger partial charge in [-0.15, -0.1) is 0 Å². The van der Waals surface area contributed by atoms with Crippen molar-refractivity contribution in [3.05, 3.63) is 30.3 Å². The number of benzene rings is 1. The number of carbonyl (C=O) groups excluding carboxylic acids is 2. The SMILES string of the molecule is CC(=O)C1OC(=O)N(c2ccccc2)C1CN. The third kappa shape index (κ3) is 2.01. The van der Waals surface area contributed by atoms with E-state index in [4.69, 9.17) is 10.5 Å². The molecule has 17 heavy (non-hydrogen) atoms. The van der Waals surface area contributed by atoms with Crippen LogP contribution in [-0.4, -0.2) is 30.6 Å². The molecule has 1 aliphatic heterocycles. The van der Waals surface area contributed by atoms with Crippen LogP contribution in [0.25, 0.3) is 0 Å². The third-order valence-corrected chi connectivity index (χ3v) is 2.78. The summed E-state index contributed by atoms with van der Waals surface area (Å²) < 4.78 is 5.05. The van der Waals surface area contributed by atoms with Gasteiger partial charge >= 0.3 is 6.09 Å². The first-order chi connectivity index (χ1) is 8.15. The molecule has 5 nitrogen and oxygen atoms in total. The second kappa shape index (κ2) is 4.55. The van der Waals surface area contributed by atoms with Crippen molar-refractivity contribution in [1.29, 1.82) is 0 Å². The average Bonchev–Trinajstić information content (AvgIpc) is 2.67. The molecule has 0 aromatic heterocycles. The molecule has 2 unspecified atom stereocenters. The topological polar surface area (TPSA) is 72.6 Å². The maximum Gasteiger partial charge on any atom is 0.415 e. The van der Waals surface area contributed by atoms with Crippen molar-refractivity contribution >= 4 is 17.6 Å². The Balaban J connectivity index is 2.34. The van der Waals surface area contributed by atoms with E-state index in [1.165, 1.54) is 11.8 Å². The van der Waals surface area contributed by atoms with E-state index in [1.807, 2.05) is 18.2 Å². The van der Waals surface area contributed by atoms with Crippen LogP contribution in [0, 0.1) is 0 Å². The lowest BCUT2D eigenvalue weighted by atomic mass is 10.1. The number of para-hydroxylation sites is 1. The zero-order valence-electron chi connectivity index (χ0n) is 9.50. The van der Waals surface area contributed by atoms with Crippen molar-refractivity contribution in [1.82, 2.24) is 0 Å². The molecule has 1 aromatic carbocycles. The van der Waals surface area contributed by atoms with Crippen LogP contribution in [0.5, 0.6) is 0 Å². The van der Waals surface area contributed by atoms with Crippen LogP contribution in [-0.2, 0) is 9.53 Å². The molecule has 2 rings (SSSR count). The molecule has 90 valence electrons. The molecule has 0 aliphatic carbocycles. The Kier molecular flexibility index (Phi) is 3.10. The van der Waals surface area contributed by atoms with Crippen LogP contribution >= 0.6 is 0 Å². The van der Waals surface area contributed by atoms with Crippen LogP contribution in [0.1, 0.15) is 6.92 Å². The number of carbonyl (C=O) groups is 2.